The fraction of sp³-hybridized carbons (Fsp3) is 0.647. The highest BCUT2D eigenvalue weighted by molar-refractivity contribution is 5.47. The van der Waals surface area contributed by atoms with Crippen LogP contribution in [0.4, 0.5) is 8.78 Å². The van der Waals surface area contributed by atoms with E-state index in [0.29, 0.717) is 0 Å². The molecule has 1 nitrogen and oxygen atoms in total. The summed E-state index contributed by atoms with van der Waals surface area (Å²) in [6.07, 6.45) is -0.0777. The fourth-order valence-electron chi connectivity index (χ4n) is 3.71. The fourth-order valence-corrected chi connectivity index (χ4v) is 3.71. The molecular formula is C17H23F2N. The van der Waals surface area contributed by atoms with E-state index in [-0.39, 0.29) is 24.2 Å². The number of likely N-dealkylation sites (N-methyl/N-ethyl adjacent to an activating group) is 1. The molecule has 110 valence electrons. The molecule has 20 heavy (non-hydrogen) atoms. The molecule has 3 heteroatoms. The second kappa shape index (κ2) is 4.27. The second-order valence-electron chi connectivity index (χ2n) is 7.59. The third-order valence-corrected chi connectivity index (χ3v) is 4.59. The molecule has 0 aromatic heterocycles. The zero-order valence-electron chi connectivity index (χ0n) is 12.8. The Kier molecular flexibility index (Phi) is 2.99. The van der Waals surface area contributed by atoms with Crippen LogP contribution in [-0.2, 0) is 18.4 Å². The van der Waals surface area contributed by atoms with Crippen LogP contribution in [0, 0.1) is 0 Å². The molecule has 0 saturated heterocycles. The summed E-state index contributed by atoms with van der Waals surface area (Å²) < 4.78 is 28.0. The van der Waals surface area contributed by atoms with E-state index in [9.17, 15) is 8.78 Å². The summed E-state index contributed by atoms with van der Waals surface area (Å²) >= 11 is 0. The van der Waals surface area contributed by atoms with Crippen molar-refractivity contribution in [1.82, 2.24) is 4.90 Å². The topological polar surface area (TPSA) is 3.24 Å². The molecule has 0 saturated carbocycles. The van der Waals surface area contributed by atoms with Crippen molar-refractivity contribution in [3.8, 4) is 0 Å². The third kappa shape index (κ3) is 2.37. The first-order valence-corrected chi connectivity index (χ1v) is 7.38. The van der Waals surface area contributed by atoms with E-state index in [1.54, 1.807) is 0 Å². The van der Waals surface area contributed by atoms with Crippen LogP contribution in [0.1, 0.15) is 55.4 Å². The number of nitrogens with zero attached hydrogens (tertiary/aromatic N) is 1. The quantitative estimate of drug-likeness (QED) is 0.691. The molecule has 0 amide bonds. The molecule has 1 atom stereocenters. The Balaban J connectivity index is 2.17. The minimum Gasteiger partial charge on any atom is -0.301 e. The van der Waals surface area contributed by atoms with Crippen molar-refractivity contribution in [2.45, 2.75) is 57.4 Å². The minimum atomic E-state index is -2.55. The first kappa shape index (κ1) is 14.0. The zero-order chi connectivity index (χ0) is 14.7. The van der Waals surface area contributed by atoms with E-state index in [1.165, 1.54) is 16.7 Å². The van der Waals surface area contributed by atoms with Gasteiger partial charge in [0, 0.05) is 31.8 Å². The summed E-state index contributed by atoms with van der Waals surface area (Å²) in [7, 11) is 2.03. The number of hydrogen-bond donors (Lipinski definition) is 0. The van der Waals surface area contributed by atoms with Gasteiger partial charge in [-0.2, -0.15) is 0 Å². The van der Waals surface area contributed by atoms with Gasteiger partial charge in [-0.25, -0.2) is 8.78 Å². The van der Waals surface area contributed by atoms with Gasteiger partial charge in [-0.15, -0.1) is 0 Å². The highest BCUT2D eigenvalue weighted by Gasteiger charge is 2.42. The summed E-state index contributed by atoms with van der Waals surface area (Å²) in [4.78, 5) is 2.17. The SMILES string of the molecule is CN1Cc2cc(C(C)(C)C)cc3c2[C@@H](C1)CC(F)(F)C3. The van der Waals surface area contributed by atoms with Gasteiger partial charge in [0.15, 0.2) is 0 Å². The Morgan fingerprint density at radius 3 is 2.50 bits per heavy atom. The molecule has 0 fully saturated rings. The maximum atomic E-state index is 14.0. The zero-order valence-corrected chi connectivity index (χ0v) is 12.8. The molecule has 0 N–H and O–H groups in total. The molecule has 1 aromatic carbocycles. The molecule has 0 unspecified atom stereocenters. The molecular weight excluding hydrogens is 256 g/mol. The Morgan fingerprint density at radius 2 is 1.85 bits per heavy atom. The Morgan fingerprint density at radius 1 is 1.20 bits per heavy atom. The van der Waals surface area contributed by atoms with Gasteiger partial charge in [-0.3, -0.25) is 0 Å². The van der Waals surface area contributed by atoms with Crippen molar-refractivity contribution in [3.63, 3.8) is 0 Å². The highest BCUT2D eigenvalue weighted by atomic mass is 19.3. The van der Waals surface area contributed by atoms with Crippen molar-refractivity contribution in [2.75, 3.05) is 13.6 Å². The van der Waals surface area contributed by atoms with Crippen LogP contribution in [0.15, 0.2) is 12.1 Å². The molecule has 1 heterocycles. The Bertz CT molecular complexity index is 543. The lowest BCUT2D eigenvalue weighted by molar-refractivity contribution is -0.0252. The van der Waals surface area contributed by atoms with Crippen LogP contribution >= 0.6 is 0 Å². The third-order valence-electron chi connectivity index (χ3n) is 4.59. The lowest BCUT2D eigenvalue weighted by atomic mass is 9.73. The normalized spacial score (nSPS) is 25.4. The van der Waals surface area contributed by atoms with Gasteiger partial charge in [-0.05, 0) is 34.7 Å². The van der Waals surface area contributed by atoms with Crippen LogP contribution in [0.25, 0.3) is 0 Å². The summed E-state index contributed by atoms with van der Waals surface area (Å²) in [6.45, 7) is 8.07. The average molecular weight is 279 g/mol. The van der Waals surface area contributed by atoms with Gasteiger partial charge in [0.1, 0.15) is 0 Å². The number of hydrogen-bond acceptors (Lipinski definition) is 1. The van der Waals surface area contributed by atoms with Crippen LogP contribution in [0.5, 0.6) is 0 Å². The molecule has 0 spiro atoms. The summed E-state index contributed by atoms with van der Waals surface area (Å²) in [5, 5.41) is 0. The van der Waals surface area contributed by atoms with Gasteiger partial charge in [0.25, 0.3) is 5.92 Å². The molecule has 3 rings (SSSR count). The van der Waals surface area contributed by atoms with E-state index in [1.807, 2.05) is 13.1 Å². The molecule has 2 aliphatic rings. The molecule has 1 aromatic rings. The van der Waals surface area contributed by atoms with Crippen LogP contribution < -0.4 is 0 Å². The van der Waals surface area contributed by atoms with E-state index >= 15 is 0 Å². The maximum Gasteiger partial charge on any atom is 0.252 e. The molecule has 0 bridgehead atoms. The van der Waals surface area contributed by atoms with Gasteiger partial charge >= 0.3 is 0 Å². The minimum absolute atomic E-state index is 0.00322. The smallest absolute Gasteiger partial charge is 0.252 e. The van der Waals surface area contributed by atoms with Crippen molar-refractivity contribution in [1.29, 1.82) is 0 Å². The lowest BCUT2D eigenvalue weighted by Crippen LogP contribution is -2.39. The van der Waals surface area contributed by atoms with Crippen LogP contribution in [0.2, 0.25) is 0 Å². The van der Waals surface area contributed by atoms with Crippen LogP contribution in [-0.4, -0.2) is 24.4 Å². The highest BCUT2D eigenvalue weighted by Crippen LogP contribution is 2.45. The van der Waals surface area contributed by atoms with Gasteiger partial charge in [-0.1, -0.05) is 32.9 Å². The predicted molar refractivity (Wildman–Crippen MR) is 77.5 cm³/mol. The standard InChI is InChI=1S/C17H23F2N/c1-16(2,3)14-5-11-7-17(18,19)8-13-10-20(4)9-12(6-14)15(11)13/h5-6,13H,7-10H2,1-4H3/t13-/m1/s1. The van der Waals surface area contributed by atoms with Crippen molar-refractivity contribution in [3.05, 3.63) is 34.4 Å². The predicted octanol–water partition coefficient (Wildman–Crippen LogP) is 4.09. The molecule has 1 aliphatic heterocycles. The van der Waals surface area contributed by atoms with E-state index < -0.39 is 5.92 Å². The van der Waals surface area contributed by atoms with Crippen molar-refractivity contribution < 1.29 is 8.78 Å². The molecule has 0 radical (unpaired) electrons. The largest absolute Gasteiger partial charge is 0.301 e. The van der Waals surface area contributed by atoms with E-state index in [4.69, 9.17) is 0 Å². The molecule has 1 aliphatic carbocycles. The van der Waals surface area contributed by atoms with Crippen LogP contribution in [0.3, 0.4) is 0 Å². The number of benzene rings is 1. The first-order valence-electron chi connectivity index (χ1n) is 7.38. The first-order chi connectivity index (χ1) is 9.16. The van der Waals surface area contributed by atoms with Crippen molar-refractivity contribution >= 4 is 0 Å². The lowest BCUT2D eigenvalue weighted by Gasteiger charge is -2.40. The van der Waals surface area contributed by atoms with Gasteiger partial charge in [0.05, 0.1) is 0 Å². The number of rotatable bonds is 0. The monoisotopic (exact) mass is 279 g/mol. The maximum absolute atomic E-state index is 14.0. The second-order valence-corrected chi connectivity index (χ2v) is 7.59. The number of alkyl halides is 2. The Hall–Kier alpha value is -0.960. The Labute approximate surface area is 120 Å². The summed E-state index contributed by atoms with van der Waals surface area (Å²) in [5.74, 6) is -2.56. The van der Waals surface area contributed by atoms with Crippen molar-refractivity contribution in [2.24, 2.45) is 0 Å². The number of halogens is 2. The summed E-state index contributed by atoms with van der Waals surface area (Å²) in [6, 6.07) is 4.27. The van der Waals surface area contributed by atoms with E-state index in [2.05, 4.69) is 31.7 Å². The van der Waals surface area contributed by atoms with E-state index in [0.717, 1.165) is 18.7 Å². The summed E-state index contributed by atoms with van der Waals surface area (Å²) in [5.41, 5.74) is 4.56. The van der Waals surface area contributed by atoms with Gasteiger partial charge < -0.3 is 4.90 Å². The van der Waals surface area contributed by atoms with Gasteiger partial charge in [0.2, 0.25) is 0 Å². The average Bonchev–Trinajstić information content (AvgIpc) is 2.23.